The van der Waals surface area contributed by atoms with E-state index in [9.17, 15) is 20.2 Å². The molecule has 0 amide bonds. The Morgan fingerprint density at radius 2 is 1.67 bits per heavy atom. The third kappa shape index (κ3) is 3.33. The second-order valence-electron chi connectivity index (χ2n) is 3.34. The van der Waals surface area contributed by atoms with E-state index < -0.39 is 21.2 Å². The van der Waals surface area contributed by atoms with Crippen LogP contribution >= 0.6 is 12.2 Å². The molecule has 4 N–H and O–H groups in total. The summed E-state index contributed by atoms with van der Waals surface area (Å²) in [4.78, 5) is 19.8. The highest BCUT2D eigenvalue weighted by molar-refractivity contribution is 7.80. The van der Waals surface area contributed by atoms with Crippen LogP contribution in [0.1, 0.15) is 5.56 Å². The van der Waals surface area contributed by atoms with Gasteiger partial charge in [-0.15, -0.1) is 0 Å². The Bertz CT molecular complexity index is 488. The molecule has 0 aromatic heterocycles. The van der Waals surface area contributed by atoms with Gasteiger partial charge in [-0.3, -0.25) is 25.2 Å². The van der Waals surface area contributed by atoms with Crippen molar-refractivity contribution in [3.8, 4) is 0 Å². The minimum absolute atomic E-state index is 0.0577. The van der Waals surface area contributed by atoms with Crippen LogP contribution in [0.4, 0.5) is 11.4 Å². The van der Waals surface area contributed by atoms with Gasteiger partial charge in [0, 0.05) is 12.1 Å². The van der Waals surface area contributed by atoms with Crippen molar-refractivity contribution in [2.75, 3.05) is 0 Å². The largest absolute Gasteiger partial charge is 0.375 e. The summed E-state index contributed by atoms with van der Waals surface area (Å²) in [6.07, 6.45) is 0. The van der Waals surface area contributed by atoms with Crippen molar-refractivity contribution in [3.63, 3.8) is 0 Å². The highest BCUT2D eigenvalue weighted by Crippen LogP contribution is 2.23. The first kappa shape index (κ1) is 13.7. The van der Waals surface area contributed by atoms with Crippen molar-refractivity contribution < 1.29 is 9.85 Å². The van der Waals surface area contributed by atoms with Gasteiger partial charge < -0.3 is 5.73 Å². The van der Waals surface area contributed by atoms with Crippen molar-refractivity contribution in [2.24, 2.45) is 11.6 Å². The molecular formula is C8H9N5O4S. The van der Waals surface area contributed by atoms with Crippen LogP contribution in [0, 0.1) is 20.2 Å². The van der Waals surface area contributed by atoms with Gasteiger partial charge in [-0.25, -0.2) is 5.84 Å². The van der Waals surface area contributed by atoms with Crippen LogP contribution in [-0.2, 0) is 6.54 Å². The topological polar surface area (TPSA) is 142 Å². The zero-order valence-corrected chi connectivity index (χ0v) is 9.79. The number of hydrogen-bond donors (Lipinski definition) is 2. The lowest BCUT2D eigenvalue weighted by atomic mass is 10.1. The fraction of sp³-hybridized carbons (Fsp3) is 0.125. The lowest BCUT2D eigenvalue weighted by molar-refractivity contribution is -0.394. The van der Waals surface area contributed by atoms with Crippen LogP contribution < -0.4 is 11.6 Å². The smallest absolute Gasteiger partial charge is 0.276 e. The molecule has 1 aromatic carbocycles. The molecule has 0 fully saturated rings. The van der Waals surface area contributed by atoms with E-state index in [4.69, 9.17) is 11.6 Å². The zero-order chi connectivity index (χ0) is 13.9. The van der Waals surface area contributed by atoms with Gasteiger partial charge in [0.25, 0.3) is 11.4 Å². The second kappa shape index (κ2) is 5.33. The van der Waals surface area contributed by atoms with E-state index in [1.165, 1.54) is 12.1 Å². The monoisotopic (exact) mass is 271 g/mol. The van der Waals surface area contributed by atoms with Crippen LogP contribution in [0.3, 0.4) is 0 Å². The predicted molar refractivity (Wildman–Crippen MR) is 66.3 cm³/mol. The summed E-state index contributed by atoms with van der Waals surface area (Å²) in [6.45, 7) is -0.0577. The maximum absolute atomic E-state index is 10.6. The SMILES string of the molecule is NC(=S)N(N)Cc1cc([N+](=O)[O-])cc([N+](=O)[O-])c1. The van der Waals surface area contributed by atoms with Gasteiger partial charge in [-0.1, -0.05) is 0 Å². The van der Waals surface area contributed by atoms with Crippen molar-refractivity contribution in [3.05, 3.63) is 44.0 Å². The number of nitro groups is 2. The molecule has 0 heterocycles. The third-order valence-corrected chi connectivity index (χ3v) is 2.25. The Labute approximate surface area is 106 Å². The summed E-state index contributed by atoms with van der Waals surface area (Å²) in [5, 5.41) is 22.1. The van der Waals surface area contributed by atoms with Crippen LogP contribution in [0.5, 0.6) is 0 Å². The van der Waals surface area contributed by atoms with E-state index in [0.29, 0.717) is 0 Å². The number of hydrazine groups is 1. The molecule has 0 saturated heterocycles. The lowest BCUT2D eigenvalue weighted by Crippen LogP contribution is -2.40. The summed E-state index contributed by atoms with van der Waals surface area (Å²) in [5.41, 5.74) is 4.73. The van der Waals surface area contributed by atoms with E-state index in [-0.39, 0.29) is 17.2 Å². The average molecular weight is 271 g/mol. The van der Waals surface area contributed by atoms with Crippen molar-refractivity contribution in [2.45, 2.75) is 6.54 Å². The molecular weight excluding hydrogens is 262 g/mol. The highest BCUT2D eigenvalue weighted by atomic mass is 32.1. The molecule has 0 atom stereocenters. The van der Waals surface area contributed by atoms with Gasteiger partial charge in [-0.05, 0) is 17.8 Å². The molecule has 9 nitrogen and oxygen atoms in total. The van der Waals surface area contributed by atoms with E-state index in [2.05, 4.69) is 12.2 Å². The van der Waals surface area contributed by atoms with Crippen LogP contribution in [0.15, 0.2) is 18.2 Å². The molecule has 0 saturated carbocycles. The molecule has 96 valence electrons. The Morgan fingerprint density at radius 3 is 2.00 bits per heavy atom. The molecule has 0 bridgehead atoms. The molecule has 18 heavy (non-hydrogen) atoms. The van der Waals surface area contributed by atoms with E-state index >= 15 is 0 Å². The second-order valence-corrected chi connectivity index (χ2v) is 3.76. The Balaban J connectivity index is 3.15. The summed E-state index contributed by atoms with van der Waals surface area (Å²) in [7, 11) is 0. The number of nitrogens with zero attached hydrogens (tertiary/aromatic N) is 3. The van der Waals surface area contributed by atoms with Crippen LogP contribution in [0.2, 0.25) is 0 Å². The number of nitro benzene ring substituents is 2. The first-order valence-corrected chi connectivity index (χ1v) is 4.96. The Morgan fingerprint density at radius 1 is 1.22 bits per heavy atom. The van der Waals surface area contributed by atoms with Crippen LogP contribution in [0.25, 0.3) is 0 Å². The summed E-state index contributed by atoms with van der Waals surface area (Å²) < 4.78 is 0. The van der Waals surface area contributed by atoms with Gasteiger partial charge in [0.15, 0.2) is 5.11 Å². The van der Waals surface area contributed by atoms with Crippen molar-refractivity contribution in [1.82, 2.24) is 5.01 Å². The fourth-order valence-electron chi connectivity index (χ4n) is 1.23. The third-order valence-electron chi connectivity index (χ3n) is 2.02. The normalized spacial score (nSPS) is 9.83. The minimum Gasteiger partial charge on any atom is -0.375 e. The number of non-ortho nitro benzene ring substituents is 2. The van der Waals surface area contributed by atoms with Gasteiger partial charge >= 0.3 is 0 Å². The summed E-state index contributed by atoms with van der Waals surface area (Å²) >= 11 is 4.60. The highest BCUT2D eigenvalue weighted by Gasteiger charge is 2.17. The van der Waals surface area contributed by atoms with Gasteiger partial charge in [0.1, 0.15) is 0 Å². The molecule has 0 aliphatic heterocycles. The maximum atomic E-state index is 10.6. The number of nitrogens with two attached hydrogens (primary N) is 2. The van der Waals surface area contributed by atoms with E-state index in [0.717, 1.165) is 11.1 Å². The molecule has 0 aliphatic rings. The van der Waals surface area contributed by atoms with Crippen LogP contribution in [-0.4, -0.2) is 20.0 Å². The lowest BCUT2D eigenvalue weighted by Gasteiger charge is -2.15. The summed E-state index contributed by atoms with van der Waals surface area (Å²) in [6, 6.07) is 3.21. The number of hydrogen-bond acceptors (Lipinski definition) is 6. The molecule has 0 spiro atoms. The maximum Gasteiger partial charge on any atom is 0.276 e. The molecule has 0 radical (unpaired) electrons. The van der Waals surface area contributed by atoms with Gasteiger partial charge in [0.2, 0.25) is 0 Å². The van der Waals surface area contributed by atoms with E-state index in [1.54, 1.807) is 0 Å². The van der Waals surface area contributed by atoms with Gasteiger partial charge in [0.05, 0.1) is 22.5 Å². The number of rotatable bonds is 4. The standard InChI is InChI=1S/C8H9N5O4S/c9-8(18)11(10)4-5-1-6(12(14)15)3-7(2-5)13(16)17/h1-3H,4,10H2,(H2,9,18). The van der Waals surface area contributed by atoms with Gasteiger partial charge in [-0.2, -0.15) is 0 Å². The van der Waals surface area contributed by atoms with Crippen molar-refractivity contribution in [1.29, 1.82) is 0 Å². The number of benzene rings is 1. The molecule has 1 rings (SSSR count). The fourth-order valence-corrected chi connectivity index (χ4v) is 1.30. The van der Waals surface area contributed by atoms with E-state index in [1.807, 2.05) is 0 Å². The molecule has 0 aliphatic carbocycles. The molecule has 10 heteroatoms. The first-order valence-electron chi connectivity index (χ1n) is 4.55. The quantitative estimate of drug-likeness (QED) is 0.347. The molecule has 0 unspecified atom stereocenters. The zero-order valence-electron chi connectivity index (χ0n) is 8.98. The molecule has 1 aromatic rings. The van der Waals surface area contributed by atoms with Crippen molar-refractivity contribution >= 4 is 28.7 Å². The Hall–Kier alpha value is -2.33. The number of thiocarbonyl (C=S) groups is 1. The predicted octanol–water partition coefficient (Wildman–Crippen LogP) is 0.422. The summed E-state index contributed by atoms with van der Waals surface area (Å²) in [5.74, 6) is 5.43. The Kier molecular flexibility index (Phi) is 4.07. The first-order chi connectivity index (χ1) is 8.31. The minimum atomic E-state index is -0.724. The average Bonchev–Trinajstić information content (AvgIpc) is 2.28.